The Morgan fingerprint density at radius 2 is 1.83 bits per heavy atom. The number of halogens is 3. The molecule has 23 heavy (non-hydrogen) atoms. The summed E-state index contributed by atoms with van der Waals surface area (Å²) >= 11 is 5.80. The molecule has 0 bridgehead atoms. The maximum Gasteiger partial charge on any atom is 0.411 e. The van der Waals surface area contributed by atoms with Gasteiger partial charge in [0.1, 0.15) is 11.6 Å². The second-order valence-electron chi connectivity index (χ2n) is 4.39. The molecule has 2 aromatic rings. The van der Waals surface area contributed by atoms with Gasteiger partial charge in [-0.3, -0.25) is 10.1 Å². The standard InChI is InChI=1S/C15H11ClF2N2O3/c1-23-15(22)20-13-7-9(3-5-12(13)18)19-14(21)10-4-2-8(17)6-11(10)16/h2-7H,1H3,(H,19,21)(H,20,22). The normalized spacial score (nSPS) is 10.1. The molecule has 120 valence electrons. The van der Waals surface area contributed by atoms with Crippen LogP contribution in [0.1, 0.15) is 10.4 Å². The average molecular weight is 341 g/mol. The number of anilines is 2. The number of hydrogen-bond donors (Lipinski definition) is 2. The molecule has 0 aliphatic rings. The highest BCUT2D eigenvalue weighted by Gasteiger charge is 2.13. The predicted octanol–water partition coefficient (Wildman–Crippen LogP) is 4.05. The molecular formula is C15H11ClF2N2O3. The minimum absolute atomic E-state index is 0.0554. The molecule has 2 N–H and O–H groups in total. The van der Waals surface area contributed by atoms with Gasteiger partial charge in [-0.2, -0.15) is 0 Å². The van der Waals surface area contributed by atoms with Gasteiger partial charge in [-0.25, -0.2) is 13.6 Å². The third kappa shape index (κ3) is 4.17. The molecule has 0 aliphatic heterocycles. The van der Waals surface area contributed by atoms with Crippen LogP contribution in [-0.2, 0) is 4.74 Å². The molecule has 0 aliphatic carbocycles. The van der Waals surface area contributed by atoms with Crippen LogP contribution in [0.5, 0.6) is 0 Å². The van der Waals surface area contributed by atoms with Crippen molar-refractivity contribution in [3.8, 4) is 0 Å². The van der Waals surface area contributed by atoms with Crippen molar-refractivity contribution in [3.63, 3.8) is 0 Å². The molecule has 0 aromatic heterocycles. The highest BCUT2D eigenvalue weighted by atomic mass is 35.5. The molecule has 0 atom stereocenters. The van der Waals surface area contributed by atoms with Gasteiger partial charge in [-0.15, -0.1) is 0 Å². The minimum atomic E-state index is -0.853. The number of rotatable bonds is 3. The van der Waals surface area contributed by atoms with E-state index >= 15 is 0 Å². The van der Waals surface area contributed by atoms with E-state index in [-0.39, 0.29) is 22.0 Å². The fourth-order valence-corrected chi connectivity index (χ4v) is 1.98. The number of hydrogen-bond acceptors (Lipinski definition) is 3. The Kier molecular flexibility index (Phi) is 5.13. The Morgan fingerprint density at radius 3 is 2.48 bits per heavy atom. The molecule has 0 saturated carbocycles. The summed E-state index contributed by atoms with van der Waals surface area (Å²) < 4.78 is 30.9. The minimum Gasteiger partial charge on any atom is -0.453 e. The van der Waals surface area contributed by atoms with E-state index in [1.807, 2.05) is 0 Å². The second kappa shape index (κ2) is 7.06. The van der Waals surface area contributed by atoms with Gasteiger partial charge in [0.15, 0.2) is 0 Å². The lowest BCUT2D eigenvalue weighted by molar-refractivity contribution is 0.102. The second-order valence-corrected chi connectivity index (χ2v) is 4.80. The lowest BCUT2D eigenvalue weighted by Gasteiger charge is -2.10. The van der Waals surface area contributed by atoms with E-state index in [1.165, 1.54) is 18.2 Å². The molecular weight excluding hydrogens is 330 g/mol. The van der Waals surface area contributed by atoms with Crippen molar-refractivity contribution in [2.75, 3.05) is 17.7 Å². The van der Waals surface area contributed by atoms with E-state index in [1.54, 1.807) is 0 Å². The van der Waals surface area contributed by atoms with E-state index in [4.69, 9.17) is 11.6 Å². The van der Waals surface area contributed by atoms with Crippen molar-refractivity contribution in [3.05, 3.63) is 58.6 Å². The first kappa shape index (κ1) is 16.7. The van der Waals surface area contributed by atoms with Gasteiger partial charge in [0, 0.05) is 5.69 Å². The maximum absolute atomic E-state index is 13.6. The summed E-state index contributed by atoms with van der Waals surface area (Å²) in [6.45, 7) is 0. The van der Waals surface area contributed by atoms with Gasteiger partial charge in [-0.05, 0) is 36.4 Å². The fraction of sp³-hybridized carbons (Fsp3) is 0.0667. The van der Waals surface area contributed by atoms with Crippen LogP contribution >= 0.6 is 11.6 Å². The lowest BCUT2D eigenvalue weighted by atomic mass is 10.2. The van der Waals surface area contributed by atoms with Gasteiger partial charge in [-0.1, -0.05) is 11.6 Å². The first-order valence-corrected chi connectivity index (χ1v) is 6.69. The molecule has 0 spiro atoms. The van der Waals surface area contributed by atoms with E-state index in [2.05, 4.69) is 15.4 Å². The summed E-state index contributed by atoms with van der Waals surface area (Å²) in [5.41, 5.74) is 0.0999. The van der Waals surface area contributed by atoms with Crippen molar-refractivity contribution in [2.45, 2.75) is 0 Å². The molecule has 2 aromatic carbocycles. The van der Waals surface area contributed by atoms with Crippen molar-refractivity contribution >= 4 is 35.0 Å². The Labute approximate surface area is 135 Å². The highest BCUT2D eigenvalue weighted by molar-refractivity contribution is 6.34. The smallest absolute Gasteiger partial charge is 0.411 e. The van der Waals surface area contributed by atoms with E-state index in [9.17, 15) is 18.4 Å². The molecule has 2 amide bonds. The van der Waals surface area contributed by atoms with E-state index in [0.29, 0.717) is 0 Å². The van der Waals surface area contributed by atoms with Gasteiger partial charge < -0.3 is 10.1 Å². The third-order valence-corrected chi connectivity index (χ3v) is 3.13. The molecule has 2 rings (SSSR count). The van der Waals surface area contributed by atoms with Gasteiger partial charge in [0.2, 0.25) is 0 Å². The maximum atomic E-state index is 13.6. The van der Waals surface area contributed by atoms with Crippen LogP contribution < -0.4 is 10.6 Å². The zero-order valence-electron chi connectivity index (χ0n) is 11.8. The number of nitrogens with one attached hydrogen (secondary N) is 2. The van der Waals surface area contributed by atoms with Crippen molar-refractivity contribution in [2.24, 2.45) is 0 Å². The Bertz CT molecular complexity index is 768. The Hall–Kier alpha value is -2.67. The number of benzene rings is 2. The quantitative estimate of drug-likeness (QED) is 0.885. The largest absolute Gasteiger partial charge is 0.453 e. The predicted molar refractivity (Wildman–Crippen MR) is 81.8 cm³/mol. The monoisotopic (exact) mass is 340 g/mol. The molecule has 8 heteroatoms. The Balaban J connectivity index is 2.21. The van der Waals surface area contributed by atoms with Crippen molar-refractivity contribution in [1.29, 1.82) is 0 Å². The van der Waals surface area contributed by atoms with Crippen molar-refractivity contribution in [1.82, 2.24) is 0 Å². The van der Waals surface area contributed by atoms with Crippen LogP contribution in [0.25, 0.3) is 0 Å². The van der Waals surface area contributed by atoms with Gasteiger partial charge in [0.05, 0.1) is 23.4 Å². The van der Waals surface area contributed by atoms with E-state index in [0.717, 1.165) is 25.3 Å². The number of methoxy groups -OCH3 is 1. The molecule has 0 unspecified atom stereocenters. The molecule has 0 heterocycles. The number of amides is 2. The molecule has 5 nitrogen and oxygen atoms in total. The summed E-state index contributed by atoms with van der Waals surface area (Å²) in [5, 5.41) is 4.58. The van der Waals surface area contributed by atoms with Crippen LogP contribution in [0.2, 0.25) is 5.02 Å². The summed E-state index contributed by atoms with van der Waals surface area (Å²) in [6, 6.07) is 6.90. The molecule has 0 radical (unpaired) electrons. The van der Waals surface area contributed by atoms with Crippen LogP contribution in [-0.4, -0.2) is 19.1 Å². The van der Waals surface area contributed by atoms with Crippen molar-refractivity contribution < 1.29 is 23.1 Å². The summed E-state index contributed by atoms with van der Waals surface area (Å²) in [5.74, 6) is -1.88. The highest BCUT2D eigenvalue weighted by Crippen LogP contribution is 2.22. The van der Waals surface area contributed by atoms with Gasteiger partial charge >= 0.3 is 6.09 Å². The Morgan fingerprint density at radius 1 is 1.09 bits per heavy atom. The summed E-state index contributed by atoms with van der Waals surface area (Å²) in [7, 11) is 1.13. The number of carbonyl (C=O) groups excluding carboxylic acids is 2. The zero-order valence-corrected chi connectivity index (χ0v) is 12.6. The SMILES string of the molecule is COC(=O)Nc1cc(NC(=O)c2ccc(F)cc2Cl)ccc1F. The topological polar surface area (TPSA) is 67.4 Å². The average Bonchev–Trinajstić information content (AvgIpc) is 2.50. The fourth-order valence-electron chi connectivity index (χ4n) is 1.73. The first-order valence-electron chi connectivity index (χ1n) is 6.31. The lowest BCUT2D eigenvalue weighted by Crippen LogP contribution is -2.15. The molecule has 0 fully saturated rings. The van der Waals surface area contributed by atoms with Crippen LogP contribution in [0.15, 0.2) is 36.4 Å². The number of carbonyl (C=O) groups is 2. The third-order valence-electron chi connectivity index (χ3n) is 2.82. The zero-order chi connectivity index (χ0) is 17.0. The molecule has 0 saturated heterocycles. The van der Waals surface area contributed by atoms with E-state index < -0.39 is 23.6 Å². The first-order chi connectivity index (χ1) is 10.9. The number of ether oxygens (including phenoxy) is 1. The van der Waals surface area contributed by atoms with Gasteiger partial charge in [0.25, 0.3) is 5.91 Å². The van der Waals surface area contributed by atoms with Crippen LogP contribution in [0.3, 0.4) is 0 Å². The van der Waals surface area contributed by atoms with Crippen LogP contribution in [0, 0.1) is 11.6 Å². The summed E-state index contributed by atoms with van der Waals surface area (Å²) in [4.78, 5) is 23.2. The van der Waals surface area contributed by atoms with Crippen LogP contribution in [0.4, 0.5) is 25.0 Å². The summed E-state index contributed by atoms with van der Waals surface area (Å²) in [6.07, 6.45) is -0.853.